The Kier molecular flexibility index (Phi) is 5.75. The minimum absolute atomic E-state index is 0.223. The summed E-state index contributed by atoms with van der Waals surface area (Å²) >= 11 is 5.26. The van der Waals surface area contributed by atoms with Gasteiger partial charge in [-0.2, -0.15) is 0 Å². The molecule has 1 aliphatic heterocycles. The lowest BCUT2D eigenvalue weighted by Crippen LogP contribution is -2.38. The molecule has 0 aromatic carbocycles. The van der Waals surface area contributed by atoms with Crippen molar-refractivity contribution >= 4 is 29.1 Å². The summed E-state index contributed by atoms with van der Waals surface area (Å²) in [6, 6.07) is 0. The maximum absolute atomic E-state index is 11.0. The number of nitrogens with one attached hydrogen (secondary N) is 2. The van der Waals surface area contributed by atoms with E-state index >= 15 is 0 Å². The van der Waals surface area contributed by atoms with Gasteiger partial charge in [0.2, 0.25) is 11.8 Å². The van der Waals surface area contributed by atoms with Crippen molar-refractivity contribution in [3.05, 3.63) is 0 Å². The number of hydrogen-bond acceptors (Lipinski definition) is 5. The predicted molar refractivity (Wildman–Crippen MR) is 69.6 cm³/mol. The summed E-state index contributed by atoms with van der Waals surface area (Å²) < 4.78 is 0. The Morgan fingerprint density at radius 1 is 1.06 bits per heavy atom. The van der Waals surface area contributed by atoms with E-state index in [1.165, 1.54) is 0 Å². The highest BCUT2D eigenvalue weighted by atomic mass is 32.1. The van der Waals surface area contributed by atoms with Gasteiger partial charge in [-0.05, 0) is 12.2 Å². The fourth-order valence-electron chi connectivity index (χ4n) is 1.66. The summed E-state index contributed by atoms with van der Waals surface area (Å²) in [4.78, 5) is 25.9. The molecule has 0 radical (unpaired) electrons. The smallest absolute Gasteiger partial charge is 0.235 e. The molecule has 1 aliphatic rings. The first-order valence-electron chi connectivity index (χ1n) is 5.61. The van der Waals surface area contributed by atoms with Gasteiger partial charge in [0, 0.05) is 39.0 Å². The molecule has 0 saturated carbocycles. The lowest BCUT2D eigenvalue weighted by atomic mass is 10.4. The molecular weight excluding hydrogens is 256 g/mol. The Bertz CT molecular complexity index is 307. The summed E-state index contributed by atoms with van der Waals surface area (Å²) in [6.45, 7) is 2.56. The Morgan fingerprint density at radius 3 is 1.78 bits per heavy atom. The summed E-state index contributed by atoms with van der Waals surface area (Å²) in [7, 11) is 0. The van der Waals surface area contributed by atoms with Crippen LogP contribution in [0.4, 0.5) is 0 Å². The van der Waals surface area contributed by atoms with Gasteiger partial charge < -0.3 is 9.80 Å². The van der Waals surface area contributed by atoms with Crippen molar-refractivity contribution in [2.24, 2.45) is 11.7 Å². The zero-order valence-corrected chi connectivity index (χ0v) is 10.8. The third-order valence-corrected chi connectivity index (χ3v) is 3.24. The van der Waals surface area contributed by atoms with E-state index in [2.05, 4.69) is 10.9 Å². The van der Waals surface area contributed by atoms with Crippen molar-refractivity contribution in [3.8, 4) is 0 Å². The van der Waals surface area contributed by atoms with Crippen LogP contribution in [0.25, 0.3) is 0 Å². The molecule has 2 amide bonds. The van der Waals surface area contributed by atoms with Gasteiger partial charge in [-0.15, -0.1) is 0 Å². The van der Waals surface area contributed by atoms with Gasteiger partial charge in [-0.3, -0.25) is 20.4 Å². The predicted octanol–water partition coefficient (Wildman–Crippen LogP) is -2.35. The van der Waals surface area contributed by atoms with Crippen LogP contribution in [0.15, 0.2) is 0 Å². The van der Waals surface area contributed by atoms with Crippen LogP contribution in [0.3, 0.4) is 0 Å². The van der Waals surface area contributed by atoms with Crippen LogP contribution < -0.4 is 22.5 Å². The second-order valence-electron chi connectivity index (χ2n) is 3.89. The molecule has 102 valence electrons. The number of nitrogens with two attached hydrogens (primary N) is 2. The molecule has 0 spiro atoms. The van der Waals surface area contributed by atoms with Crippen LogP contribution in [0.2, 0.25) is 0 Å². The summed E-state index contributed by atoms with van der Waals surface area (Å²) in [5, 5.41) is 0.657. The number of nitrogens with zero attached hydrogens (tertiary/aromatic N) is 2. The highest BCUT2D eigenvalue weighted by Gasteiger charge is 2.24. The van der Waals surface area contributed by atoms with Crippen molar-refractivity contribution in [1.82, 2.24) is 20.7 Å². The molecule has 1 heterocycles. The first kappa shape index (κ1) is 14.6. The van der Waals surface area contributed by atoms with E-state index in [-0.39, 0.29) is 11.8 Å². The van der Waals surface area contributed by atoms with Crippen LogP contribution >= 0.6 is 12.2 Å². The summed E-state index contributed by atoms with van der Waals surface area (Å²) in [5.41, 5.74) is 4.15. The molecular formula is C9H18N6O2S. The first-order chi connectivity index (χ1) is 8.58. The minimum atomic E-state index is -0.223. The fourth-order valence-corrected chi connectivity index (χ4v) is 2.03. The molecule has 1 rings (SSSR count). The topological polar surface area (TPSA) is 117 Å². The molecule has 0 unspecified atom stereocenters. The number of rotatable bonds is 6. The van der Waals surface area contributed by atoms with Gasteiger partial charge in [-0.25, -0.2) is 11.7 Å². The maximum Gasteiger partial charge on any atom is 0.235 e. The minimum Gasteiger partial charge on any atom is -0.347 e. The van der Waals surface area contributed by atoms with E-state index in [9.17, 15) is 9.59 Å². The van der Waals surface area contributed by atoms with Crippen LogP contribution in [0.1, 0.15) is 12.8 Å². The van der Waals surface area contributed by atoms with E-state index in [0.29, 0.717) is 31.0 Å². The van der Waals surface area contributed by atoms with Crippen LogP contribution in [-0.4, -0.2) is 52.9 Å². The number of thiocarbonyl (C=S) groups is 1. The standard InChI is InChI=1S/C9H18N6O2S/c10-12-7(16)1-3-14-5-6-15(9(14)18)4-2-8(17)13-11/h1-6,10-11H2,(H,12,16)(H,13,17). The average molecular weight is 274 g/mol. The van der Waals surface area contributed by atoms with Crippen LogP contribution in [0, 0.1) is 0 Å². The van der Waals surface area contributed by atoms with Crippen LogP contribution in [0.5, 0.6) is 0 Å². The zero-order valence-electron chi connectivity index (χ0n) is 10.0. The highest BCUT2D eigenvalue weighted by molar-refractivity contribution is 7.80. The van der Waals surface area contributed by atoms with Gasteiger partial charge in [0.25, 0.3) is 0 Å². The van der Waals surface area contributed by atoms with Gasteiger partial charge in [-0.1, -0.05) is 0 Å². The molecule has 0 aliphatic carbocycles. The third-order valence-electron chi connectivity index (χ3n) is 2.72. The van der Waals surface area contributed by atoms with Gasteiger partial charge in [0.15, 0.2) is 5.11 Å². The molecule has 18 heavy (non-hydrogen) atoms. The molecule has 0 aromatic rings. The second-order valence-corrected chi connectivity index (χ2v) is 4.26. The van der Waals surface area contributed by atoms with Crippen molar-refractivity contribution in [2.75, 3.05) is 26.2 Å². The molecule has 0 bridgehead atoms. The monoisotopic (exact) mass is 274 g/mol. The third kappa shape index (κ3) is 4.09. The molecule has 9 heteroatoms. The summed E-state index contributed by atoms with van der Waals surface area (Å²) in [5.74, 6) is 9.55. The van der Waals surface area contributed by atoms with Crippen molar-refractivity contribution in [1.29, 1.82) is 0 Å². The van der Waals surface area contributed by atoms with Crippen molar-refractivity contribution in [2.45, 2.75) is 12.8 Å². The molecule has 0 aromatic heterocycles. The molecule has 1 saturated heterocycles. The number of carbonyl (C=O) groups is 2. The van der Waals surface area contributed by atoms with Crippen molar-refractivity contribution < 1.29 is 9.59 Å². The van der Waals surface area contributed by atoms with E-state index in [1.54, 1.807) is 0 Å². The first-order valence-corrected chi connectivity index (χ1v) is 6.02. The molecule has 1 fully saturated rings. The molecule has 6 N–H and O–H groups in total. The van der Waals surface area contributed by atoms with Gasteiger partial charge in [0.1, 0.15) is 0 Å². The Balaban J connectivity index is 2.32. The quantitative estimate of drug-likeness (QED) is 0.185. The normalized spacial score (nSPS) is 14.9. The Hall–Kier alpha value is -1.45. The van der Waals surface area contributed by atoms with E-state index in [1.807, 2.05) is 9.80 Å². The number of hydrogen-bond donors (Lipinski definition) is 4. The SMILES string of the molecule is NNC(=O)CCN1CCN(CCC(=O)NN)C1=S. The molecule has 8 nitrogen and oxygen atoms in total. The maximum atomic E-state index is 11.0. The Labute approximate surface area is 111 Å². The number of carbonyl (C=O) groups excluding carboxylic acids is 2. The van der Waals surface area contributed by atoms with E-state index in [4.69, 9.17) is 23.9 Å². The number of amides is 2. The molecule has 0 atom stereocenters. The highest BCUT2D eigenvalue weighted by Crippen LogP contribution is 2.10. The largest absolute Gasteiger partial charge is 0.347 e. The zero-order chi connectivity index (χ0) is 13.5. The second kappa shape index (κ2) is 7.09. The van der Waals surface area contributed by atoms with E-state index in [0.717, 1.165) is 13.1 Å². The van der Waals surface area contributed by atoms with Crippen LogP contribution in [-0.2, 0) is 9.59 Å². The average Bonchev–Trinajstić information content (AvgIpc) is 2.74. The fraction of sp³-hybridized carbons (Fsp3) is 0.667. The Morgan fingerprint density at radius 2 is 1.44 bits per heavy atom. The van der Waals surface area contributed by atoms with Crippen molar-refractivity contribution in [3.63, 3.8) is 0 Å². The van der Waals surface area contributed by atoms with Gasteiger partial charge in [0.05, 0.1) is 0 Å². The van der Waals surface area contributed by atoms with E-state index < -0.39 is 0 Å². The lowest BCUT2D eigenvalue weighted by molar-refractivity contribution is -0.122. The van der Waals surface area contributed by atoms with Gasteiger partial charge >= 0.3 is 0 Å². The lowest BCUT2D eigenvalue weighted by Gasteiger charge is -2.21. The number of hydrazine groups is 2. The summed E-state index contributed by atoms with van der Waals surface area (Å²) in [6.07, 6.45) is 0.599.